The molecule has 0 aromatic carbocycles. The highest BCUT2D eigenvalue weighted by molar-refractivity contribution is 5.31. The van der Waals surface area contributed by atoms with Crippen molar-refractivity contribution in [3.8, 4) is 0 Å². The molecule has 2 heterocycles. The molecule has 4 nitrogen and oxygen atoms in total. The molecule has 1 fully saturated rings. The van der Waals surface area contributed by atoms with Gasteiger partial charge in [0.05, 0.1) is 18.9 Å². The van der Waals surface area contributed by atoms with Crippen molar-refractivity contribution in [2.45, 2.75) is 13.0 Å². The van der Waals surface area contributed by atoms with Crippen molar-refractivity contribution >= 4 is 5.82 Å². The highest BCUT2D eigenvalue weighted by atomic mass is 16.5. The molecule has 0 spiro atoms. The molecule has 1 aromatic rings. The number of hydrogen-bond donors (Lipinski definition) is 1. The SMILES string of the molecule is Cc1cc(N)n(C2COC2)n1. The smallest absolute Gasteiger partial charge is 0.122 e. The molecule has 0 radical (unpaired) electrons. The minimum Gasteiger partial charge on any atom is -0.384 e. The number of nitrogen functional groups attached to an aromatic ring is 1. The number of hydrogen-bond acceptors (Lipinski definition) is 3. The van der Waals surface area contributed by atoms with E-state index in [9.17, 15) is 0 Å². The number of rotatable bonds is 1. The lowest BCUT2D eigenvalue weighted by Crippen LogP contribution is -2.32. The third-order valence-electron chi connectivity index (χ3n) is 1.85. The lowest BCUT2D eigenvalue weighted by molar-refractivity contribution is -0.0277. The molecule has 1 aliphatic rings. The van der Waals surface area contributed by atoms with Gasteiger partial charge in [-0.1, -0.05) is 0 Å². The fourth-order valence-electron chi connectivity index (χ4n) is 1.19. The summed E-state index contributed by atoms with van der Waals surface area (Å²) >= 11 is 0. The Labute approximate surface area is 64.9 Å². The molecule has 2 rings (SSSR count). The van der Waals surface area contributed by atoms with Gasteiger partial charge < -0.3 is 10.5 Å². The van der Waals surface area contributed by atoms with Crippen LogP contribution in [-0.4, -0.2) is 23.0 Å². The molecule has 2 N–H and O–H groups in total. The summed E-state index contributed by atoms with van der Waals surface area (Å²) in [5, 5.41) is 4.24. The number of nitrogens with zero attached hydrogens (tertiary/aromatic N) is 2. The molecule has 0 amide bonds. The predicted octanol–water partition coefficient (Wildman–Crippen LogP) is 0.345. The van der Waals surface area contributed by atoms with Crippen LogP contribution >= 0.6 is 0 Å². The van der Waals surface area contributed by atoms with Crippen LogP contribution in [0.4, 0.5) is 5.82 Å². The van der Waals surface area contributed by atoms with E-state index < -0.39 is 0 Å². The Hall–Kier alpha value is -1.03. The molecule has 0 unspecified atom stereocenters. The van der Waals surface area contributed by atoms with Crippen LogP contribution in [-0.2, 0) is 4.74 Å². The number of aromatic nitrogens is 2. The maximum Gasteiger partial charge on any atom is 0.122 e. The quantitative estimate of drug-likeness (QED) is 0.633. The Bertz CT molecular complexity index is 265. The summed E-state index contributed by atoms with van der Waals surface area (Å²) in [5.74, 6) is 0.732. The Balaban J connectivity index is 2.28. The van der Waals surface area contributed by atoms with E-state index in [-0.39, 0.29) is 0 Å². The zero-order valence-corrected chi connectivity index (χ0v) is 6.45. The van der Waals surface area contributed by atoms with Gasteiger partial charge in [0.15, 0.2) is 0 Å². The number of ether oxygens (including phenoxy) is 1. The lowest BCUT2D eigenvalue weighted by atomic mass is 10.3. The summed E-state index contributed by atoms with van der Waals surface area (Å²) in [4.78, 5) is 0. The van der Waals surface area contributed by atoms with E-state index in [0.29, 0.717) is 6.04 Å². The summed E-state index contributed by atoms with van der Waals surface area (Å²) in [6.45, 7) is 3.42. The van der Waals surface area contributed by atoms with Crippen molar-refractivity contribution in [3.63, 3.8) is 0 Å². The minimum absolute atomic E-state index is 0.365. The first kappa shape index (κ1) is 6.67. The van der Waals surface area contributed by atoms with E-state index >= 15 is 0 Å². The van der Waals surface area contributed by atoms with Gasteiger partial charge in [-0.05, 0) is 6.92 Å². The molecular weight excluding hydrogens is 142 g/mol. The Kier molecular flexibility index (Phi) is 1.35. The standard InChI is InChI=1S/C7H11N3O/c1-5-2-7(8)10(9-5)6-3-11-4-6/h2,6H,3-4,8H2,1H3. The van der Waals surface area contributed by atoms with E-state index in [1.54, 1.807) is 0 Å². The molecule has 0 bridgehead atoms. The van der Waals surface area contributed by atoms with Crippen LogP contribution in [0.25, 0.3) is 0 Å². The third-order valence-corrected chi connectivity index (χ3v) is 1.85. The summed E-state index contributed by atoms with van der Waals surface area (Å²) in [5.41, 5.74) is 6.66. The van der Waals surface area contributed by atoms with Gasteiger partial charge in [-0.25, -0.2) is 4.68 Å². The van der Waals surface area contributed by atoms with Gasteiger partial charge in [-0.2, -0.15) is 5.10 Å². The fourth-order valence-corrected chi connectivity index (χ4v) is 1.19. The van der Waals surface area contributed by atoms with E-state index in [1.807, 2.05) is 17.7 Å². The zero-order chi connectivity index (χ0) is 7.84. The van der Waals surface area contributed by atoms with Gasteiger partial charge in [0.25, 0.3) is 0 Å². The zero-order valence-electron chi connectivity index (χ0n) is 6.45. The Morgan fingerprint density at radius 1 is 1.73 bits per heavy atom. The van der Waals surface area contributed by atoms with Crippen molar-refractivity contribution in [2.75, 3.05) is 18.9 Å². The number of nitrogens with two attached hydrogens (primary N) is 1. The van der Waals surface area contributed by atoms with Crippen LogP contribution < -0.4 is 5.73 Å². The predicted molar refractivity (Wildman–Crippen MR) is 41.2 cm³/mol. The minimum atomic E-state index is 0.365. The second-order valence-corrected chi connectivity index (χ2v) is 2.85. The van der Waals surface area contributed by atoms with Gasteiger partial charge in [0.1, 0.15) is 11.9 Å². The van der Waals surface area contributed by atoms with Crippen LogP contribution in [0.5, 0.6) is 0 Å². The molecule has 1 aromatic heterocycles. The molecule has 60 valence electrons. The highest BCUT2D eigenvalue weighted by Gasteiger charge is 2.22. The first-order chi connectivity index (χ1) is 5.27. The van der Waals surface area contributed by atoms with Gasteiger partial charge in [0, 0.05) is 6.07 Å². The molecule has 0 atom stereocenters. The summed E-state index contributed by atoms with van der Waals surface area (Å²) in [6.07, 6.45) is 0. The highest BCUT2D eigenvalue weighted by Crippen LogP contribution is 2.20. The second-order valence-electron chi connectivity index (χ2n) is 2.85. The largest absolute Gasteiger partial charge is 0.384 e. The van der Waals surface area contributed by atoms with Gasteiger partial charge >= 0.3 is 0 Å². The molecular formula is C7H11N3O. The third kappa shape index (κ3) is 0.991. The van der Waals surface area contributed by atoms with Crippen LogP contribution in [0.15, 0.2) is 6.07 Å². The fraction of sp³-hybridized carbons (Fsp3) is 0.571. The van der Waals surface area contributed by atoms with Crippen molar-refractivity contribution in [3.05, 3.63) is 11.8 Å². The molecule has 1 aliphatic heterocycles. The van der Waals surface area contributed by atoms with Gasteiger partial charge in [-0.3, -0.25) is 0 Å². The van der Waals surface area contributed by atoms with E-state index in [1.165, 1.54) is 0 Å². The van der Waals surface area contributed by atoms with Gasteiger partial charge in [0.2, 0.25) is 0 Å². The average Bonchev–Trinajstić information content (AvgIpc) is 2.07. The Morgan fingerprint density at radius 3 is 2.82 bits per heavy atom. The maximum atomic E-state index is 5.70. The lowest BCUT2D eigenvalue weighted by Gasteiger charge is -2.26. The van der Waals surface area contributed by atoms with E-state index in [0.717, 1.165) is 24.7 Å². The van der Waals surface area contributed by atoms with Crippen molar-refractivity contribution in [1.82, 2.24) is 9.78 Å². The second kappa shape index (κ2) is 2.23. The molecule has 4 heteroatoms. The maximum absolute atomic E-state index is 5.70. The molecule has 0 aliphatic carbocycles. The molecule has 11 heavy (non-hydrogen) atoms. The Morgan fingerprint density at radius 2 is 2.45 bits per heavy atom. The molecule has 0 saturated carbocycles. The average molecular weight is 153 g/mol. The van der Waals surface area contributed by atoms with E-state index in [2.05, 4.69) is 5.10 Å². The van der Waals surface area contributed by atoms with Crippen molar-refractivity contribution in [2.24, 2.45) is 0 Å². The monoisotopic (exact) mass is 153 g/mol. The first-order valence-corrected chi connectivity index (χ1v) is 3.67. The van der Waals surface area contributed by atoms with Crippen molar-refractivity contribution < 1.29 is 4.74 Å². The molecule has 1 saturated heterocycles. The van der Waals surface area contributed by atoms with Crippen molar-refractivity contribution in [1.29, 1.82) is 0 Å². The van der Waals surface area contributed by atoms with Crippen LogP contribution in [0.1, 0.15) is 11.7 Å². The van der Waals surface area contributed by atoms with Crippen LogP contribution in [0.2, 0.25) is 0 Å². The number of aryl methyl sites for hydroxylation is 1. The summed E-state index contributed by atoms with van der Waals surface area (Å²) in [7, 11) is 0. The van der Waals surface area contributed by atoms with Gasteiger partial charge in [-0.15, -0.1) is 0 Å². The van der Waals surface area contributed by atoms with E-state index in [4.69, 9.17) is 10.5 Å². The first-order valence-electron chi connectivity index (χ1n) is 3.67. The van der Waals surface area contributed by atoms with Crippen LogP contribution in [0.3, 0.4) is 0 Å². The summed E-state index contributed by atoms with van der Waals surface area (Å²) in [6, 6.07) is 2.24. The number of anilines is 1. The van der Waals surface area contributed by atoms with Crippen LogP contribution in [0, 0.1) is 6.92 Å². The topological polar surface area (TPSA) is 53.1 Å². The normalized spacial score (nSPS) is 18.3. The summed E-state index contributed by atoms with van der Waals surface area (Å²) < 4.78 is 6.87.